The highest BCUT2D eigenvalue weighted by molar-refractivity contribution is 5.75. The van der Waals surface area contributed by atoms with Gasteiger partial charge in [-0.25, -0.2) is 4.79 Å². The summed E-state index contributed by atoms with van der Waals surface area (Å²) in [5, 5.41) is 13.9. The van der Waals surface area contributed by atoms with Crippen molar-refractivity contribution >= 4 is 12.0 Å². The lowest BCUT2D eigenvalue weighted by molar-refractivity contribution is -0.136. The molecular formula is C13H22N2O4. The zero-order valence-corrected chi connectivity index (χ0v) is 11.3. The molecule has 0 radical (unpaired) electrons. The third-order valence-electron chi connectivity index (χ3n) is 3.98. The minimum Gasteiger partial charge on any atom is -0.481 e. The first-order chi connectivity index (χ1) is 9.01. The molecule has 1 aliphatic carbocycles. The minimum atomic E-state index is -0.912. The topological polar surface area (TPSA) is 87.7 Å². The highest BCUT2D eigenvalue weighted by Gasteiger charge is 2.48. The van der Waals surface area contributed by atoms with Crippen molar-refractivity contribution in [1.82, 2.24) is 10.6 Å². The standard InChI is InChI=1S/C13H22N2O4/c1-13(5-7-19-11(13)9-2-3-9)8-15-12(18)14-6-4-10(16)17/h9,11H,2-8H2,1H3,(H,16,17)(H2,14,15,18). The maximum absolute atomic E-state index is 11.6. The quantitative estimate of drug-likeness (QED) is 0.671. The second kappa shape index (κ2) is 5.77. The Bertz CT molecular complexity index is 357. The van der Waals surface area contributed by atoms with Crippen LogP contribution in [0.5, 0.6) is 0 Å². The normalized spacial score (nSPS) is 30.1. The van der Waals surface area contributed by atoms with Gasteiger partial charge < -0.3 is 20.5 Å². The van der Waals surface area contributed by atoms with Crippen molar-refractivity contribution in [2.75, 3.05) is 19.7 Å². The molecular weight excluding hydrogens is 248 g/mol. The fourth-order valence-electron chi connectivity index (χ4n) is 2.68. The van der Waals surface area contributed by atoms with Gasteiger partial charge in [0.1, 0.15) is 0 Å². The van der Waals surface area contributed by atoms with Crippen LogP contribution in [0.4, 0.5) is 4.79 Å². The van der Waals surface area contributed by atoms with E-state index in [1.807, 2.05) is 0 Å². The van der Waals surface area contributed by atoms with Crippen molar-refractivity contribution in [2.24, 2.45) is 11.3 Å². The lowest BCUT2D eigenvalue weighted by atomic mass is 9.81. The Hall–Kier alpha value is -1.30. The molecule has 2 fully saturated rings. The molecule has 1 saturated carbocycles. The van der Waals surface area contributed by atoms with E-state index in [1.54, 1.807) is 0 Å². The SMILES string of the molecule is CC1(CNC(=O)NCCC(=O)O)CCOC1C1CC1. The van der Waals surface area contributed by atoms with Gasteiger partial charge in [-0.2, -0.15) is 0 Å². The molecule has 0 spiro atoms. The number of ether oxygens (including phenoxy) is 1. The van der Waals surface area contributed by atoms with Gasteiger partial charge in [0, 0.05) is 25.1 Å². The molecule has 2 unspecified atom stereocenters. The molecule has 0 aromatic carbocycles. The van der Waals surface area contributed by atoms with Crippen LogP contribution in [0.25, 0.3) is 0 Å². The fraction of sp³-hybridized carbons (Fsp3) is 0.846. The molecule has 108 valence electrons. The molecule has 0 aromatic heterocycles. The summed E-state index contributed by atoms with van der Waals surface area (Å²) in [7, 11) is 0. The van der Waals surface area contributed by atoms with Crippen molar-refractivity contribution in [1.29, 1.82) is 0 Å². The second-order valence-corrected chi connectivity index (χ2v) is 5.79. The molecule has 6 heteroatoms. The highest BCUT2D eigenvalue weighted by Crippen LogP contribution is 2.47. The number of amides is 2. The Kier molecular flexibility index (Phi) is 4.29. The summed E-state index contributed by atoms with van der Waals surface area (Å²) in [4.78, 5) is 21.9. The number of nitrogens with one attached hydrogen (secondary N) is 2. The molecule has 1 heterocycles. The van der Waals surface area contributed by atoms with Gasteiger partial charge in [0.05, 0.1) is 12.5 Å². The van der Waals surface area contributed by atoms with E-state index < -0.39 is 5.97 Å². The predicted molar refractivity (Wildman–Crippen MR) is 68.8 cm³/mol. The van der Waals surface area contributed by atoms with E-state index in [-0.39, 0.29) is 30.5 Å². The van der Waals surface area contributed by atoms with Crippen LogP contribution in [-0.2, 0) is 9.53 Å². The summed E-state index contributed by atoms with van der Waals surface area (Å²) in [5.74, 6) is -0.255. The summed E-state index contributed by atoms with van der Waals surface area (Å²) in [6, 6.07) is -0.302. The monoisotopic (exact) mass is 270 g/mol. The Morgan fingerprint density at radius 3 is 2.74 bits per heavy atom. The average molecular weight is 270 g/mol. The number of hydrogen-bond donors (Lipinski definition) is 3. The second-order valence-electron chi connectivity index (χ2n) is 5.79. The largest absolute Gasteiger partial charge is 0.481 e. The summed E-state index contributed by atoms with van der Waals surface area (Å²) in [6.45, 7) is 3.65. The maximum Gasteiger partial charge on any atom is 0.314 e. The zero-order chi connectivity index (χ0) is 13.9. The first-order valence-electron chi connectivity index (χ1n) is 6.86. The van der Waals surface area contributed by atoms with E-state index in [9.17, 15) is 9.59 Å². The number of carbonyl (C=O) groups excluding carboxylic acids is 1. The summed E-state index contributed by atoms with van der Waals surface area (Å²) in [5.41, 5.74) is 0.00526. The molecule has 2 amide bonds. The first-order valence-corrected chi connectivity index (χ1v) is 6.86. The number of carbonyl (C=O) groups is 2. The van der Waals surface area contributed by atoms with Crippen LogP contribution in [0, 0.1) is 11.3 Å². The van der Waals surface area contributed by atoms with Crippen LogP contribution in [0.2, 0.25) is 0 Å². The van der Waals surface area contributed by atoms with Gasteiger partial charge in [0.2, 0.25) is 0 Å². The van der Waals surface area contributed by atoms with Gasteiger partial charge in [-0.1, -0.05) is 6.92 Å². The van der Waals surface area contributed by atoms with E-state index >= 15 is 0 Å². The van der Waals surface area contributed by atoms with Crippen molar-refractivity contribution < 1.29 is 19.4 Å². The molecule has 0 bridgehead atoms. The fourth-order valence-corrected chi connectivity index (χ4v) is 2.68. The molecule has 6 nitrogen and oxygen atoms in total. The van der Waals surface area contributed by atoms with Crippen molar-refractivity contribution in [3.8, 4) is 0 Å². The Balaban J connectivity index is 1.71. The number of aliphatic carboxylic acids is 1. The predicted octanol–water partition coefficient (Wildman–Crippen LogP) is 0.965. The molecule has 1 aliphatic heterocycles. The summed E-state index contributed by atoms with van der Waals surface area (Å²) < 4.78 is 5.79. The number of urea groups is 1. The molecule has 19 heavy (non-hydrogen) atoms. The van der Waals surface area contributed by atoms with Crippen LogP contribution in [-0.4, -0.2) is 42.9 Å². The molecule has 1 saturated heterocycles. The van der Waals surface area contributed by atoms with E-state index in [0.29, 0.717) is 12.5 Å². The van der Waals surface area contributed by atoms with Crippen LogP contribution >= 0.6 is 0 Å². The van der Waals surface area contributed by atoms with Crippen LogP contribution in [0.15, 0.2) is 0 Å². The van der Waals surface area contributed by atoms with Crippen molar-refractivity contribution in [3.05, 3.63) is 0 Å². The lowest BCUT2D eigenvalue weighted by Gasteiger charge is -2.30. The van der Waals surface area contributed by atoms with E-state index in [4.69, 9.17) is 9.84 Å². The molecule has 3 N–H and O–H groups in total. The Morgan fingerprint density at radius 2 is 2.11 bits per heavy atom. The molecule has 2 aliphatic rings. The summed E-state index contributed by atoms with van der Waals surface area (Å²) >= 11 is 0. The smallest absolute Gasteiger partial charge is 0.314 e. The van der Waals surface area contributed by atoms with Crippen LogP contribution in [0.3, 0.4) is 0 Å². The van der Waals surface area contributed by atoms with E-state index in [0.717, 1.165) is 13.0 Å². The zero-order valence-electron chi connectivity index (χ0n) is 11.3. The van der Waals surface area contributed by atoms with Crippen LogP contribution < -0.4 is 10.6 Å². The highest BCUT2D eigenvalue weighted by atomic mass is 16.5. The van der Waals surface area contributed by atoms with Crippen molar-refractivity contribution in [3.63, 3.8) is 0 Å². The first kappa shape index (κ1) is 14.1. The number of rotatable bonds is 6. The minimum absolute atomic E-state index is 0.00526. The Morgan fingerprint density at radius 1 is 1.37 bits per heavy atom. The van der Waals surface area contributed by atoms with Gasteiger partial charge in [-0.3, -0.25) is 4.79 Å². The maximum atomic E-state index is 11.6. The molecule has 2 atom stereocenters. The van der Waals surface area contributed by atoms with Gasteiger partial charge in [-0.05, 0) is 25.2 Å². The molecule has 2 rings (SSSR count). The Labute approximate surface area is 112 Å². The summed E-state index contributed by atoms with van der Waals surface area (Å²) in [6.07, 6.45) is 3.62. The van der Waals surface area contributed by atoms with Gasteiger partial charge in [0.25, 0.3) is 0 Å². The number of carboxylic acid groups (broad SMARTS) is 1. The average Bonchev–Trinajstić information content (AvgIpc) is 3.10. The third-order valence-corrected chi connectivity index (χ3v) is 3.98. The number of carboxylic acids is 1. The third kappa shape index (κ3) is 3.83. The van der Waals surface area contributed by atoms with Crippen molar-refractivity contribution in [2.45, 2.75) is 38.7 Å². The number of hydrogen-bond acceptors (Lipinski definition) is 3. The molecule has 0 aromatic rings. The van der Waals surface area contributed by atoms with E-state index in [2.05, 4.69) is 17.6 Å². The van der Waals surface area contributed by atoms with Gasteiger partial charge >= 0.3 is 12.0 Å². The van der Waals surface area contributed by atoms with E-state index in [1.165, 1.54) is 12.8 Å². The van der Waals surface area contributed by atoms with Crippen LogP contribution in [0.1, 0.15) is 32.6 Å². The van der Waals surface area contributed by atoms with Gasteiger partial charge in [0.15, 0.2) is 0 Å². The van der Waals surface area contributed by atoms with Gasteiger partial charge in [-0.15, -0.1) is 0 Å². The lowest BCUT2D eigenvalue weighted by Crippen LogP contribution is -2.45.